The Hall–Kier alpha value is -2.07. The molecule has 2 fully saturated rings. The largest absolute Gasteiger partial charge is 0.456 e. The molecule has 2 saturated heterocycles. The summed E-state index contributed by atoms with van der Waals surface area (Å²) >= 11 is 0. The lowest BCUT2D eigenvalue weighted by Crippen LogP contribution is -2.41. The van der Waals surface area contributed by atoms with Gasteiger partial charge in [-0.05, 0) is 31.5 Å². The Kier molecular flexibility index (Phi) is 3.47. The molecule has 22 heavy (non-hydrogen) atoms. The van der Waals surface area contributed by atoms with Crippen molar-refractivity contribution in [3.05, 3.63) is 48.8 Å². The van der Waals surface area contributed by atoms with Crippen LogP contribution in [0.2, 0.25) is 0 Å². The van der Waals surface area contributed by atoms with Gasteiger partial charge in [0.25, 0.3) is 0 Å². The van der Waals surface area contributed by atoms with Gasteiger partial charge in [-0.15, -0.1) is 0 Å². The summed E-state index contributed by atoms with van der Waals surface area (Å²) in [5.74, 6) is 2.43. The molecule has 3 heterocycles. The maximum absolute atomic E-state index is 5.90. The highest BCUT2D eigenvalue weighted by atomic mass is 16.5. The molecule has 4 rings (SSSR count). The van der Waals surface area contributed by atoms with E-state index in [1.165, 1.54) is 18.7 Å². The monoisotopic (exact) mass is 295 g/mol. The smallest absolute Gasteiger partial charge is 0.147 e. The van der Waals surface area contributed by atoms with Crippen LogP contribution in [0.1, 0.15) is 6.42 Å². The number of hydrogen-bond donors (Lipinski definition) is 0. The van der Waals surface area contributed by atoms with Gasteiger partial charge < -0.3 is 14.5 Å². The Morgan fingerprint density at radius 3 is 2.73 bits per heavy atom. The number of para-hydroxylation sites is 1. The highest BCUT2D eigenvalue weighted by molar-refractivity contribution is 5.50. The predicted octanol–water partition coefficient (Wildman–Crippen LogP) is 3.01. The number of rotatable bonds is 3. The molecule has 1 aromatic carbocycles. The van der Waals surface area contributed by atoms with Crippen molar-refractivity contribution < 1.29 is 4.74 Å². The highest BCUT2D eigenvalue weighted by Gasteiger charge is 2.36. The highest BCUT2D eigenvalue weighted by Crippen LogP contribution is 2.32. The summed E-state index contributed by atoms with van der Waals surface area (Å²) < 4.78 is 5.90. The van der Waals surface area contributed by atoms with E-state index >= 15 is 0 Å². The molecule has 2 aliphatic heterocycles. The van der Waals surface area contributed by atoms with Gasteiger partial charge in [0.2, 0.25) is 0 Å². The second kappa shape index (κ2) is 5.61. The minimum absolute atomic E-state index is 0.678. The second-order valence-electron chi connectivity index (χ2n) is 6.39. The van der Waals surface area contributed by atoms with Crippen LogP contribution in [-0.4, -0.2) is 42.6 Å². The Morgan fingerprint density at radius 1 is 1.05 bits per heavy atom. The third-order valence-electron chi connectivity index (χ3n) is 4.73. The van der Waals surface area contributed by atoms with Crippen molar-refractivity contribution in [2.45, 2.75) is 12.5 Å². The number of likely N-dealkylation sites (N-methyl/N-ethyl adjacent to an activating group) is 1. The average Bonchev–Trinajstić information content (AvgIpc) is 2.80. The van der Waals surface area contributed by atoms with E-state index in [9.17, 15) is 0 Å². The first-order valence-electron chi connectivity index (χ1n) is 7.91. The molecule has 2 aromatic rings. The molecular weight excluding hydrogens is 274 g/mol. The van der Waals surface area contributed by atoms with Crippen LogP contribution in [0, 0.1) is 5.92 Å². The first-order chi connectivity index (χ1) is 10.8. The summed E-state index contributed by atoms with van der Waals surface area (Å²) in [4.78, 5) is 9.31. The van der Waals surface area contributed by atoms with Crippen molar-refractivity contribution in [2.24, 2.45) is 5.92 Å². The summed E-state index contributed by atoms with van der Waals surface area (Å²) in [5, 5.41) is 0. The van der Waals surface area contributed by atoms with Crippen LogP contribution in [-0.2, 0) is 0 Å². The minimum Gasteiger partial charge on any atom is -0.456 e. The van der Waals surface area contributed by atoms with Gasteiger partial charge in [0.15, 0.2) is 0 Å². The Morgan fingerprint density at radius 2 is 1.91 bits per heavy atom. The number of likely N-dealkylation sites (tertiary alicyclic amines) is 1. The van der Waals surface area contributed by atoms with Crippen molar-refractivity contribution >= 4 is 5.69 Å². The molecule has 4 heteroatoms. The van der Waals surface area contributed by atoms with Gasteiger partial charge >= 0.3 is 0 Å². The second-order valence-corrected chi connectivity index (χ2v) is 6.39. The molecule has 2 bridgehead atoms. The Bertz CT molecular complexity index is 644. The van der Waals surface area contributed by atoms with Crippen LogP contribution >= 0.6 is 0 Å². The van der Waals surface area contributed by atoms with Crippen molar-refractivity contribution in [2.75, 3.05) is 31.6 Å². The minimum atomic E-state index is 0.678. The molecular formula is C18H21N3O. The number of ether oxygens (including phenoxy) is 1. The molecule has 2 aliphatic rings. The van der Waals surface area contributed by atoms with Gasteiger partial charge in [-0.3, -0.25) is 4.98 Å². The SMILES string of the molecule is CN1CC2CC1CN(c1cncc(Oc3ccccc3)c1)C2. The molecule has 0 saturated carbocycles. The zero-order chi connectivity index (χ0) is 14.9. The third-order valence-corrected chi connectivity index (χ3v) is 4.73. The van der Waals surface area contributed by atoms with Gasteiger partial charge in [-0.25, -0.2) is 0 Å². The summed E-state index contributed by atoms with van der Waals surface area (Å²) in [6.07, 6.45) is 5.06. The van der Waals surface area contributed by atoms with Gasteiger partial charge in [0, 0.05) is 31.7 Å². The van der Waals surface area contributed by atoms with Crippen molar-refractivity contribution in [3.63, 3.8) is 0 Å². The normalized spacial score (nSPS) is 24.5. The number of benzene rings is 1. The van der Waals surface area contributed by atoms with Crippen LogP contribution in [0.5, 0.6) is 11.5 Å². The average molecular weight is 295 g/mol. The lowest BCUT2D eigenvalue weighted by atomic mass is 9.99. The van der Waals surface area contributed by atoms with Crippen LogP contribution in [0.25, 0.3) is 0 Å². The van der Waals surface area contributed by atoms with E-state index in [1.54, 1.807) is 6.20 Å². The van der Waals surface area contributed by atoms with Crippen LogP contribution < -0.4 is 9.64 Å². The first kappa shape index (κ1) is 13.6. The molecule has 2 unspecified atom stereocenters. The van der Waals surface area contributed by atoms with E-state index in [2.05, 4.69) is 27.9 Å². The van der Waals surface area contributed by atoms with Gasteiger partial charge in [-0.2, -0.15) is 0 Å². The molecule has 0 spiro atoms. The molecule has 0 amide bonds. The number of pyridine rings is 1. The van der Waals surface area contributed by atoms with E-state index in [0.717, 1.165) is 30.5 Å². The summed E-state index contributed by atoms with van der Waals surface area (Å²) in [5.41, 5.74) is 1.17. The number of aromatic nitrogens is 1. The van der Waals surface area contributed by atoms with E-state index in [0.29, 0.717) is 6.04 Å². The maximum atomic E-state index is 5.90. The summed E-state index contributed by atoms with van der Waals surface area (Å²) in [6.45, 7) is 3.43. The Balaban J connectivity index is 1.52. The first-order valence-corrected chi connectivity index (χ1v) is 7.91. The number of piperidine rings is 1. The maximum Gasteiger partial charge on any atom is 0.147 e. The lowest BCUT2D eigenvalue weighted by Gasteiger charge is -2.33. The van der Waals surface area contributed by atoms with Crippen molar-refractivity contribution in [1.82, 2.24) is 9.88 Å². The van der Waals surface area contributed by atoms with E-state index in [4.69, 9.17) is 4.74 Å². The van der Waals surface area contributed by atoms with E-state index in [-0.39, 0.29) is 0 Å². The number of fused-ring (bicyclic) bond motifs is 2. The van der Waals surface area contributed by atoms with Crippen LogP contribution in [0.3, 0.4) is 0 Å². The van der Waals surface area contributed by atoms with Crippen LogP contribution in [0.15, 0.2) is 48.8 Å². The molecule has 4 nitrogen and oxygen atoms in total. The van der Waals surface area contributed by atoms with Crippen molar-refractivity contribution in [1.29, 1.82) is 0 Å². The zero-order valence-electron chi connectivity index (χ0n) is 12.9. The molecule has 2 atom stereocenters. The van der Waals surface area contributed by atoms with Gasteiger partial charge in [0.05, 0.1) is 18.1 Å². The number of nitrogens with zero attached hydrogens (tertiary/aromatic N) is 3. The third kappa shape index (κ3) is 2.66. The summed E-state index contributed by atoms with van der Waals surface area (Å²) in [6, 6.07) is 12.6. The van der Waals surface area contributed by atoms with E-state index < -0.39 is 0 Å². The topological polar surface area (TPSA) is 28.6 Å². The Labute approximate surface area is 131 Å². The fourth-order valence-corrected chi connectivity index (χ4v) is 3.65. The predicted molar refractivity (Wildman–Crippen MR) is 87.5 cm³/mol. The fourth-order valence-electron chi connectivity index (χ4n) is 3.65. The van der Waals surface area contributed by atoms with E-state index in [1.807, 2.05) is 36.5 Å². The zero-order valence-corrected chi connectivity index (χ0v) is 12.9. The molecule has 0 aliphatic carbocycles. The van der Waals surface area contributed by atoms with Gasteiger partial charge in [-0.1, -0.05) is 18.2 Å². The molecule has 114 valence electrons. The molecule has 0 radical (unpaired) electrons. The standard InChI is InChI=1S/C18H21N3O/c1-20-11-14-7-16(20)13-21(12-14)15-8-18(10-19-9-15)22-17-5-3-2-4-6-17/h2-6,8-10,14,16H,7,11-13H2,1H3. The van der Waals surface area contributed by atoms with Gasteiger partial charge in [0.1, 0.15) is 11.5 Å². The molecule has 1 aromatic heterocycles. The molecule has 0 N–H and O–H groups in total. The lowest BCUT2D eigenvalue weighted by molar-refractivity contribution is 0.317. The number of anilines is 1. The van der Waals surface area contributed by atoms with Crippen LogP contribution in [0.4, 0.5) is 5.69 Å². The summed E-state index contributed by atoms with van der Waals surface area (Å²) in [7, 11) is 2.24. The van der Waals surface area contributed by atoms with Crippen molar-refractivity contribution in [3.8, 4) is 11.5 Å². The fraction of sp³-hybridized carbons (Fsp3) is 0.389. The number of hydrogen-bond acceptors (Lipinski definition) is 4. The quantitative estimate of drug-likeness (QED) is 0.870.